The molecule has 0 heterocycles. The fraction of sp³-hybridized carbons (Fsp3) is 0.714. The zero-order chi connectivity index (χ0) is 14.8. The van der Waals surface area contributed by atoms with Crippen LogP contribution in [0.2, 0.25) is 0 Å². The molecule has 0 aromatic carbocycles. The fourth-order valence-corrected chi connectivity index (χ4v) is 1.64. The highest BCUT2D eigenvalue weighted by molar-refractivity contribution is 5.19. The number of hydrogen-bond acceptors (Lipinski definition) is 5. The summed E-state index contributed by atoms with van der Waals surface area (Å²) in [5.74, 6) is 1.48. The van der Waals surface area contributed by atoms with Gasteiger partial charge < -0.3 is 24.8 Å². The number of allylic oxidation sites excluding steroid dienone is 3. The smallest absolute Gasteiger partial charge is 0.157 e. The number of aliphatic hydroxyl groups excluding tert-OH is 1. The van der Waals surface area contributed by atoms with Gasteiger partial charge in [0.1, 0.15) is 5.76 Å². The van der Waals surface area contributed by atoms with E-state index in [1.165, 1.54) is 0 Å². The van der Waals surface area contributed by atoms with Crippen molar-refractivity contribution in [1.29, 1.82) is 0 Å². The van der Waals surface area contributed by atoms with Gasteiger partial charge in [-0.15, -0.1) is 0 Å². The summed E-state index contributed by atoms with van der Waals surface area (Å²) in [7, 11) is 5.29. The predicted molar refractivity (Wildman–Crippen MR) is 77.7 cm³/mol. The van der Waals surface area contributed by atoms with Crippen LogP contribution in [-0.2, 0) is 9.47 Å². The number of aliphatic hydroxyl groups is 1. The summed E-state index contributed by atoms with van der Waals surface area (Å²) < 4.78 is 10.5. The van der Waals surface area contributed by atoms with Crippen molar-refractivity contribution in [3.63, 3.8) is 0 Å². The van der Waals surface area contributed by atoms with Gasteiger partial charge in [0, 0.05) is 38.0 Å². The molecule has 0 saturated carbocycles. The van der Waals surface area contributed by atoms with Crippen LogP contribution in [0.3, 0.4) is 0 Å². The maximum absolute atomic E-state index is 8.77. The Morgan fingerprint density at radius 2 is 1.95 bits per heavy atom. The normalized spacial score (nSPS) is 14.8. The number of rotatable bonds is 9. The molecule has 0 saturated heterocycles. The summed E-state index contributed by atoms with van der Waals surface area (Å²) in [6.07, 6.45) is 1.96. The maximum Gasteiger partial charge on any atom is 0.157 e. The molecule has 0 aromatic heterocycles. The quantitative estimate of drug-likeness (QED) is 0.490. The first-order valence-corrected chi connectivity index (χ1v) is 6.48. The summed E-state index contributed by atoms with van der Waals surface area (Å²) in [5.41, 5.74) is 1.09. The lowest BCUT2D eigenvalue weighted by Crippen LogP contribution is -2.38. The van der Waals surface area contributed by atoms with Crippen LogP contribution in [0.1, 0.15) is 20.8 Å². The summed E-state index contributed by atoms with van der Waals surface area (Å²) >= 11 is 0. The van der Waals surface area contributed by atoms with Gasteiger partial charge in [0.2, 0.25) is 0 Å². The van der Waals surface area contributed by atoms with Gasteiger partial charge in [-0.25, -0.2) is 0 Å². The van der Waals surface area contributed by atoms with Crippen LogP contribution >= 0.6 is 0 Å². The molecule has 0 amide bonds. The predicted octanol–water partition coefficient (Wildman–Crippen LogP) is 1.32. The molecule has 0 bridgehead atoms. The molecule has 1 unspecified atom stereocenters. The zero-order valence-electron chi connectivity index (χ0n) is 13.0. The van der Waals surface area contributed by atoms with Crippen molar-refractivity contribution in [2.24, 2.45) is 0 Å². The van der Waals surface area contributed by atoms with Crippen molar-refractivity contribution in [3.05, 3.63) is 23.3 Å². The molecule has 5 heteroatoms. The Hall–Kier alpha value is -1.20. The summed E-state index contributed by atoms with van der Waals surface area (Å²) in [6.45, 7) is 7.61. The van der Waals surface area contributed by atoms with E-state index in [4.69, 9.17) is 14.6 Å². The van der Waals surface area contributed by atoms with Gasteiger partial charge in [-0.05, 0) is 20.8 Å². The van der Waals surface area contributed by atoms with Crippen LogP contribution in [-0.4, -0.2) is 57.0 Å². The van der Waals surface area contributed by atoms with E-state index in [9.17, 15) is 0 Å². The molecule has 19 heavy (non-hydrogen) atoms. The molecule has 0 aliphatic carbocycles. The Labute approximate surface area is 116 Å². The minimum Gasteiger partial charge on any atom is -0.498 e. The van der Waals surface area contributed by atoms with Crippen molar-refractivity contribution >= 4 is 0 Å². The molecule has 0 aromatic rings. The topological polar surface area (TPSA) is 54.0 Å². The number of nitrogens with zero attached hydrogens (tertiary/aromatic N) is 1. The third-order valence-corrected chi connectivity index (χ3v) is 2.97. The Bertz CT molecular complexity index is 314. The highest BCUT2D eigenvalue weighted by Gasteiger charge is 2.08. The molecule has 0 fully saturated rings. The lowest BCUT2D eigenvalue weighted by Gasteiger charge is -2.25. The summed E-state index contributed by atoms with van der Waals surface area (Å²) in [6, 6.07) is 0.305. The van der Waals surface area contributed by atoms with Gasteiger partial charge in [0.25, 0.3) is 0 Å². The van der Waals surface area contributed by atoms with Gasteiger partial charge in [-0.3, -0.25) is 0 Å². The molecule has 0 rings (SSSR count). The average molecular weight is 272 g/mol. The van der Waals surface area contributed by atoms with Crippen LogP contribution in [0.5, 0.6) is 0 Å². The Balaban J connectivity index is 4.58. The molecule has 0 aliphatic heterocycles. The largest absolute Gasteiger partial charge is 0.498 e. The van der Waals surface area contributed by atoms with Crippen molar-refractivity contribution in [1.82, 2.24) is 10.2 Å². The molecule has 0 spiro atoms. The molecule has 0 aliphatic rings. The second kappa shape index (κ2) is 9.69. The fourth-order valence-electron chi connectivity index (χ4n) is 1.64. The maximum atomic E-state index is 8.77. The van der Waals surface area contributed by atoms with Gasteiger partial charge in [-0.1, -0.05) is 0 Å². The molecule has 2 N–H and O–H groups in total. The molecule has 112 valence electrons. The zero-order valence-corrected chi connectivity index (χ0v) is 13.0. The minimum absolute atomic E-state index is 0.159. The van der Waals surface area contributed by atoms with Gasteiger partial charge >= 0.3 is 0 Å². The Morgan fingerprint density at radius 1 is 1.32 bits per heavy atom. The van der Waals surface area contributed by atoms with Gasteiger partial charge in [0.05, 0.1) is 20.8 Å². The lowest BCUT2D eigenvalue weighted by molar-refractivity contribution is 0.231. The molecular formula is C14H28N2O3. The van der Waals surface area contributed by atoms with Crippen LogP contribution in [0, 0.1) is 0 Å². The van der Waals surface area contributed by atoms with E-state index in [1.807, 2.05) is 27.0 Å². The number of ether oxygens (including phenoxy) is 2. The van der Waals surface area contributed by atoms with E-state index in [2.05, 4.69) is 17.1 Å². The van der Waals surface area contributed by atoms with Crippen LogP contribution in [0.25, 0.3) is 0 Å². The van der Waals surface area contributed by atoms with E-state index in [-0.39, 0.29) is 6.61 Å². The average Bonchev–Trinajstić information content (AvgIpc) is 2.41. The second-order valence-corrected chi connectivity index (χ2v) is 4.57. The van der Waals surface area contributed by atoms with E-state index in [0.717, 1.165) is 23.8 Å². The standard InChI is InChI=1S/C14H28N2O3/c1-11(15-7-8-17)10-16(4)12(2)9-14(19-6)13(3)18-5/h9,11,15,17H,7-8,10H2,1-6H3. The first kappa shape index (κ1) is 17.8. The number of hydrogen-bond donors (Lipinski definition) is 2. The lowest BCUT2D eigenvalue weighted by atomic mass is 10.2. The third kappa shape index (κ3) is 7.08. The van der Waals surface area contributed by atoms with E-state index in [0.29, 0.717) is 12.6 Å². The van der Waals surface area contributed by atoms with Gasteiger partial charge in [0.15, 0.2) is 5.76 Å². The second-order valence-electron chi connectivity index (χ2n) is 4.57. The molecule has 1 atom stereocenters. The van der Waals surface area contributed by atoms with Gasteiger partial charge in [-0.2, -0.15) is 0 Å². The summed E-state index contributed by atoms with van der Waals surface area (Å²) in [5, 5.41) is 12.0. The summed E-state index contributed by atoms with van der Waals surface area (Å²) in [4.78, 5) is 2.14. The number of nitrogens with one attached hydrogen (secondary N) is 1. The van der Waals surface area contributed by atoms with Crippen molar-refractivity contribution in [2.75, 3.05) is 41.0 Å². The van der Waals surface area contributed by atoms with Crippen molar-refractivity contribution in [2.45, 2.75) is 26.8 Å². The van der Waals surface area contributed by atoms with E-state index < -0.39 is 0 Å². The number of likely N-dealkylation sites (N-methyl/N-ethyl adjacent to an activating group) is 1. The van der Waals surface area contributed by atoms with Crippen molar-refractivity contribution < 1.29 is 14.6 Å². The third-order valence-electron chi connectivity index (χ3n) is 2.97. The first-order valence-electron chi connectivity index (χ1n) is 6.48. The first-order chi connectivity index (χ1) is 8.96. The highest BCUT2D eigenvalue weighted by atomic mass is 16.5. The SMILES string of the molecule is COC(C)=C(C=C(C)N(C)CC(C)NCCO)OC. The van der Waals surface area contributed by atoms with Crippen LogP contribution in [0.15, 0.2) is 23.3 Å². The molecular weight excluding hydrogens is 244 g/mol. The molecule has 0 radical (unpaired) electrons. The Kier molecular flexibility index (Phi) is 9.08. The van der Waals surface area contributed by atoms with Crippen LogP contribution < -0.4 is 5.32 Å². The van der Waals surface area contributed by atoms with E-state index in [1.54, 1.807) is 14.2 Å². The number of methoxy groups -OCH3 is 2. The van der Waals surface area contributed by atoms with Crippen LogP contribution in [0.4, 0.5) is 0 Å². The van der Waals surface area contributed by atoms with E-state index >= 15 is 0 Å². The van der Waals surface area contributed by atoms with Crippen molar-refractivity contribution in [3.8, 4) is 0 Å². The minimum atomic E-state index is 0.159. The molecule has 5 nitrogen and oxygen atoms in total. The Morgan fingerprint density at radius 3 is 2.42 bits per heavy atom. The monoisotopic (exact) mass is 272 g/mol. The highest BCUT2D eigenvalue weighted by Crippen LogP contribution is 2.12.